The Kier molecular flexibility index (Phi) is 4.58. The van der Waals surface area contributed by atoms with Gasteiger partial charge in [-0.05, 0) is 0 Å². The van der Waals surface area contributed by atoms with E-state index in [4.69, 9.17) is 11.5 Å². The van der Waals surface area contributed by atoms with Gasteiger partial charge in [-0.3, -0.25) is 0 Å². The van der Waals surface area contributed by atoms with Crippen LogP contribution in [0.1, 0.15) is 6.42 Å². The van der Waals surface area contributed by atoms with Gasteiger partial charge in [-0.25, -0.2) is 9.18 Å². The van der Waals surface area contributed by atoms with Crippen molar-refractivity contribution in [2.45, 2.75) is 12.0 Å². The molecular weight excluding hydrogens is 175 g/mol. The molecule has 13 heavy (non-hydrogen) atoms. The predicted molar refractivity (Wildman–Crippen MR) is 47.7 cm³/mol. The number of rotatable bonds is 5. The molecule has 1 atom stereocenters. The highest BCUT2D eigenvalue weighted by molar-refractivity contribution is 5.81. The molecule has 0 aliphatic heterocycles. The van der Waals surface area contributed by atoms with Gasteiger partial charge in [-0.2, -0.15) is 0 Å². The molecule has 0 radical (unpaired) electrons. The molecule has 0 rings (SSSR count). The third-order valence-electron chi connectivity index (χ3n) is 1.68. The van der Waals surface area contributed by atoms with Crippen molar-refractivity contribution < 1.29 is 13.9 Å². The van der Waals surface area contributed by atoms with Crippen LogP contribution in [0, 0.1) is 0 Å². The Hall–Kier alpha value is -0.940. The van der Waals surface area contributed by atoms with Gasteiger partial charge in [0.15, 0.2) is 0 Å². The quantitative estimate of drug-likeness (QED) is 0.462. The summed E-state index contributed by atoms with van der Waals surface area (Å²) in [4.78, 5) is 11.0. The molecule has 0 aromatic heterocycles. The van der Waals surface area contributed by atoms with Gasteiger partial charge < -0.3 is 16.2 Å². The molecule has 0 amide bonds. The van der Waals surface area contributed by atoms with Gasteiger partial charge >= 0.3 is 5.97 Å². The van der Waals surface area contributed by atoms with E-state index in [-0.39, 0.29) is 13.0 Å². The maximum Gasteiger partial charge on any atom is 0.328 e. The Balaban J connectivity index is 4.45. The van der Waals surface area contributed by atoms with Crippen molar-refractivity contribution in [2.24, 2.45) is 11.5 Å². The van der Waals surface area contributed by atoms with E-state index < -0.39 is 18.2 Å². The van der Waals surface area contributed by atoms with Gasteiger partial charge in [0.25, 0.3) is 0 Å². The monoisotopic (exact) mass is 190 g/mol. The van der Waals surface area contributed by atoms with E-state index in [2.05, 4.69) is 11.3 Å². The molecule has 0 fully saturated rings. The lowest BCUT2D eigenvalue weighted by Crippen LogP contribution is -2.51. The molecule has 5 heteroatoms. The van der Waals surface area contributed by atoms with Crippen molar-refractivity contribution in [2.75, 3.05) is 20.3 Å². The fraction of sp³-hybridized carbons (Fsp3) is 0.625. The molecule has 0 heterocycles. The number of ether oxygens (including phenoxy) is 1. The number of halogens is 1. The van der Waals surface area contributed by atoms with Crippen LogP contribution in [0.4, 0.5) is 4.39 Å². The summed E-state index contributed by atoms with van der Waals surface area (Å²) in [5.74, 6) is -0.787. The fourth-order valence-corrected chi connectivity index (χ4v) is 0.896. The van der Waals surface area contributed by atoms with Crippen molar-refractivity contribution in [3.63, 3.8) is 0 Å². The van der Waals surface area contributed by atoms with Crippen LogP contribution >= 0.6 is 0 Å². The number of methoxy groups -OCH3 is 1. The van der Waals surface area contributed by atoms with Crippen molar-refractivity contribution in [1.82, 2.24) is 0 Å². The average Bonchev–Trinajstić information content (AvgIpc) is 2.15. The SMILES string of the molecule is C=C(CN)CC(N)(CF)C(=O)OC. The summed E-state index contributed by atoms with van der Waals surface area (Å²) in [6, 6.07) is 0. The maximum atomic E-state index is 12.5. The highest BCUT2D eigenvalue weighted by atomic mass is 19.1. The molecule has 4 nitrogen and oxygen atoms in total. The molecule has 0 saturated heterocycles. The van der Waals surface area contributed by atoms with E-state index in [1.165, 1.54) is 0 Å². The minimum atomic E-state index is -1.63. The highest BCUT2D eigenvalue weighted by Crippen LogP contribution is 2.14. The van der Waals surface area contributed by atoms with Crippen LogP contribution in [0.25, 0.3) is 0 Å². The third-order valence-corrected chi connectivity index (χ3v) is 1.68. The maximum absolute atomic E-state index is 12.5. The van der Waals surface area contributed by atoms with Gasteiger partial charge in [0, 0.05) is 13.0 Å². The van der Waals surface area contributed by atoms with Crippen molar-refractivity contribution in [3.8, 4) is 0 Å². The number of esters is 1. The molecule has 0 aromatic rings. The number of carbonyl (C=O) groups excluding carboxylic acids is 1. The first-order valence-electron chi connectivity index (χ1n) is 3.80. The lowest BCUT2D eigenvalue weighted by molar-refractivity contribution is -0.147. The lowest BCUT2D eigenvalue weighted by Gasteiger charge is -2.23. The molecule has 4 N–H and O–H groups in total. The Bertz CT molecular complexity index is 208. The summed E-state index contributed by atoms with van der Waals surface area (Å²) < 4.78 is 16.8. The molecule has 0 aliphatic rings. The zero-order valence-electron chi connectivity index (χ0n) is 7.68. The van der Waals surface area contributed by atoms with Gasteiger partial charge in [-0.15, -0.1) is 0 Å². The topological polar surface area (TPSA) is 78.3 Å². The molecule has 0 aliphatic carbocycles. The molecule has 0 bridgehead atoms. The van der Waals surface area contributed by atoms with Crippen molar-refractivity contribution in [1.29, 1.82) is 0 Å². The zero-order valence-corrected chi connectivity index (χ0v) is 7.68. The van der Waals surface area contributed by atoms with Gasteiger partial charge in [0.05, 0.1) is 7.11 Å². The lowest BCUT2D eigenvalue weighted by atomic mass is 9.94. The number of alkyl halides is 1. The Labute approximate surface area is 76.7 Å². The van der Waals surface area contributed by atoms with Crippen LogP contribution < -0.4 is 11.5 Å². The summed E-state index contributed by atoms with van der Waals surface area (Å²) in [6.07, 6.45) is 0.00662. The standard InChI is InChI=1S/C8H15FN2O2/c1-6(4-10)3-8(11,5-9)7(12)13-2/h1,3-5,10-11H2,2H3. The highest BCUT2D eigenvalue weighted by Gasteiger charge is 2.35. The number of hydrogen-bond donors (Lipinski definition) is 2. The van der Waals surface area contributed by atoms with Crippen LogP contribution in [0.2, 0.25) is 0 Å². The number of carbonyl (C=O) groups is 1. The van der Waals surface area contributed by atoms with E-state index in [9.17, 15) is 9.18 Å². The van der Waals surface area contributed by atoms with Crippen LogP contribution in [0.15, 0.2) is 12.2 Å². The average molecular weight is 190 g/mol. The fourth-order valence-electron chi connectivity index (χ4n) is 0.896. The van der Waals surface area contributed by atoms with E-state index in [1.807, 2.05) is 0 Å². The second-order valence-electron chi connectivity index (χ2n) is 2.91. The summed E-state index contributed by atoms with van der Waals surface area (Å²) in [5.41, 5.74) is 9.59. The van der Waals surface area contributed by atoms with E-state index >= 15 is 0 Å². The first-order valence-corrected chi connectivity index (χ1v) is 3.80. The third kappa shape index (κ3) is 3.12. The van der Waals surface area contributed by atoms with Crippen LogP contribution in [0.5, 0.6) is 0 Å². The minimum Gasteiger partial charge on any atom is -0.468 e. The summed E-state index contributed by atoms with van der Waals surface area (Å²) in [7, 11) is 1.16. The summed E-state index contributed by atoms with van der Waals surface area (Å²) in [5, 5.41) is 0. The molecule has 0 aromatic carbocycles. The summed E-state index contributed by atoms with van der Waals surface area (Å²) >= 11 is 0. The molecule has 1 unspecified atom stereocenters. The Morgan fingerprint density at radius 1 is 1.69 bits per heavy atom. The normalized spacial score (nSPS) is 14.8. The largest absolute Gasteiger partial charge is 0.468 e. The van der Waals surface area contributed by atoms with Crippen molar-refractivity contribution in [3.05, 3.63) is 12.2 Å². The number of hydrogen-bond acceptors (Lipinski definition) is 4. The second kappa shape index (κ2) is 4.94. The second-order valence-corrected chi connectivity index (χ2v) is 2.91. The zero-order chi connectivity index (χ0) is 10.5. The first kappa shape index (κ1) is 12.1. The number of nitrogens with two attached hydrogens (primary N) is 2. The first-order chi connectivity index (χ1) is 6.00. The van der Waals surface area contributed by atoms with Gasteiger partial charge in [0.2, 0.25) is 0 Å². The Morgan fingerprint density at radius 3 is 2.54 bits per heavy atom. The van der Waals surface area contributed by atoms with Gasteiger partial charge in [-0.1, -0.05) is 12.2 Å². The molecule has 0 saturated carbocycles. The van der Waals surface area contributed by atoms with Gasteiger partial charge in [0.1, 0.15) is 12.2 Å². The van der Waals surface area contributed by atoms with Crippen LogP contribution in [-0.2, 0) is 9.53 Å². The predicted octanol–water partition coefficient (Wildman–Crippen LogP) is -0.269. The summed E-state index contributed by atoms with van der Waals surface area (Å²) in [6.45, 7) is 2.73. The van der Waals surface area contributed by atoms with E-state index in [0.717, 1.165) is 7.11 Å². The minimum absolute atomic E-state index is 0.00662. The smallest absolute Gasteiger partial charge is 0.328 e. The molecule has 0 spiro atoms. The molecular formula is C8H15FN2O2. The van der Waals surface area contributed by atoms with E-state index in [0.29, 0.717) is 5.57 Å². The molecule has 76 valence electrons. The van der Waals surface area contributed by atoms with Crippen LogP contribution in [0.3, 0.4) is 0 Å². The van der Waals surface area contributed by atoms with Crippen LogP contribution in [-0.4, -0.2) is 31.8 Å². The van der Waals surface area contributed by atoms with Crippen molar-refractivity contribution >= 4 is 5.97 Å². The van der Waals surface area contributed by atoms with E-state index in [1.54, 1.807) is 0 Å². The Morgan fingerprint density at radius 2 is 2.23 bits per heavy atom.